The number of hydrogen-bond acceptors (Lipinski definition) is 4. The van der Waals surface area contributed by atoms with Crippen LogP contribution in [0.25, 0.3) is 0 Å². The normalized spacial score (nSPS) is 21.0. The van der Waals surface area contributed by atoms with Crippen molar-refractivity contribution in [1.29, 1.82) is 0 Å². The van der Waals surface area contributed by atoms with Crippen molar-refractivity contribution in [3.63, 3.8) is 0 Å². The van der Waals surface area contributed by atoms with Gasteiger partial charge in [0.2, 0.25) is 0 Å². The van der Waals surface area contributed by atoms with Crippen LogP contribution in [0.15, 0.2) is 0 Å². The van der Waals surface area contributed by atoms with Crippen LogP contribution in [0.1, 0.15) is 53.4 Å². The summed E-state index contributed by atoms with van der Waals surface area (Å²) in [4.78, 5) is 14.3. The van der Waals surface area contributed by atoms with Crippen LogP contribution < -0.4 is 5.32 Å². The molecule has 4 nitrogen and oxygen atoms in total. The Hall–Kier alpha value is -0.610. The summed E-state index contributed by atoms with van der Waals surface area (Å²) >= 11 is 0. The molecule has 4 heteroatoms. The Kier molecular flexibility index (Phi) is 6.67. The summed E-state index contributed by atoms with van der Waals surface area (Å²) in [6.45, 7) is 12.4. The predicted molar refractivity (Wildman–Crippen MR) is 87.3 cm³/mol. The fourth-order valence-electron chi connectivity index (χ4n) is 3.23. The van der Waals surface area contributed by atoms with Crippen molar-refractivity contribution in [2.24, 2.45) is 11.3 Å². The van der Waals surface area contributed by atoms with Gasteiger partial charge in [0.1, 0.15) is 5.54 Å². The van der Waals surface area contributed by atoms with E-state index in [1.165, 1.54) is 33.0 Å². The van der Waals surface area contributed by atoms with E-state index in [4.69, 9.17) is 4.74 Å². The molecule has 1 atom stereocenters. The molecule has 0 spiro atoms. The Morgan fingerprint density at radius 1 is 1.24 bits per heavy atom. The minimum absolute atomic E-state index is 0.170. The van der Waals surface area contributed by atoms with Crippen molar-refractivity contribution >= 4 is 5.97 Å². The van der Waals surface area contributed by atoms with E-state index in [9.17, 15) is 4.79 Å². The van der Waals surface area contributed by atoms with E-state index in [0.29, 0.717) is 5.41 Å². The quantitative estimate of drug-likeness (QED) is 0.766. The molecule has 21 heavy (non-hydrogen) atoms. The van der Waals surface area contributed by atoms with Gasteiger partial charge >= 0.3 is 5.97 Å². The number of likely N-dealkylation sites (N-methyl/N-ethyl adjacent to an activating group) is 1. The highest BCUT2D eigenvalue weighted by atomic mass is 16.5. The molecular weight excluding hydrogens is 264 g/mol. The first-order valence-electron chi connectivity index (χ1n) is 8.22. The highest BCUT2D eigenvalue weighted by Gasteiger charge is 2.33. The first kappa shape index (κ1) is 18.4. The lowest BCUT2D eigenvalue weighted by Gasteiger charge is -2.39. The number of ether oxygens (including phenoxy) is 1. The number of likely N-dealkylation sites (tertiary alicyclic amines) is 1. The lowest BCUT2D eigenvalue weighted by molar-refractivity contribution is -0.148. The number of nitrogens with zero attached hydrogens (tertiary/aromatic N) is 1. The van der Waals surface area contributed by atoms with Crippen LogP contribution in [0.5, 0.6) is 0 Å². The minimum atomic E-state index is -0.557. The first-order valence-corrected chi connectivity index (χ1v) is 8.22. The topological polar surface area (TPSA) is 41.6 Å². The molecule has 1 unspecified atom stereocenters. The average Bonchev–Trinajstić information content (AvgIpc) is 2.45. The molecule has 1 fully saturated rings. The molecule has 0 amide bonds. The highest BCUT2D eigenvalue weighted by Crippen LogP contribution is 2.34. The SMILES string of the molecule is CNC(C)(CCCN1CCC(C(C)(C)C)CC1)C(=O)OC. The number of piperidine rings is 1. The van der Waals surface area contributed by atoms with Crippen LogP contribution in [-0.2, 0) is 9.53 Å². The summed E-state index contributed by atoms with van der Waals surface area (Å²) in [5.41, 5.74) is -0.125. The summed E-state index contributed by atoms with van der Waals surface area (Å²) < 4.78 is 4.89. The van der Waals surface area contributed by atoms with Crippen LogP contribution in [0.4, 0.5) is 0 Å². The van der Waals surface area contributed by atoms with Gasteiger partial charge in [0.25, 0.3) is 0 Å². The van der Waals surface area contributed by atoms with E-state index in [0.717, 1.165) is 25.3 Å². The molecule has 1 saturated heterocycles. The van der Waals surface area contributed by atoms with E-state index in [2.05, 4.69) is 31.0 Å². The third-order valence-corrected chi connectivity index (χ3v) is 5.15. The van der Waals surface area contributed by atoms with E-state index in [1.807, 2.05) is 14.0 Å². The van der Waals surface area contributed by atoms with Crippen LogP contribution in [0.2, 0.25) is 0 Å². The smallest absolute Gasteiger partial charge is 0.325 e. The second-order valence-corrected chi connectivity index (χ2v) is 7.66. The van der Waals surface area contributed by atoms with Crippen molar-refractivity contribution in [1.82, 2.24) is 10.2 Å². The predicted octanol–water partition coefficient (Wildman–Crippen LogP) is 2.68. The molecule has 0 aromatic carbocycles. The highest BCUT2D eigenvalue weighted by molar-refractivity contribution is 5.80. The van der Waals surface area contributed by atoms with E-state index in [-0.39, 0.29) is 5.97 Å². The molecule has 1 heterocycles. The van der Waals surface area contributed by atoms with Gasteiger partial charge in [-0.25, -0.2) is 0 Å². The Balaban J connectivity index is 2.33. The lowest BCUT2D eigenvalue weighted by Crippen LogP contribution is -2.48. The van der Waals surface area contributed by atoms with Gasteiger partial charge in [-0.15, -0.1) is 0 Å². The average molecular weight is 298 g/mol. The number of carbonyl (C=O) groups excluding carboxylic acids is 1. The number of hydrogen-bond donors (Lipinski definition) is 1. The van der Waals surface area contributed by atoms with Crippen LogP contribution in [-0.4, -0.2) is 50.2 Å². The van der Waals surface area contributed by atoms with Gasteiger partial charge in [-0.3, -0.25) is 4.79 Å². The minimum Gasteiger partial charge on any atom is -0.468 e. The molecule has 1 aliphatic heterocycles. The van der Waals surface area contributed by atoms with Gasteiger partial charge < -0.3 is 15.0 Å². The fourth-order valence-corrected chi connectivity index (χ4v) is 3.23. The van der Waals surface area contributed by atoms with Crippen molar-refractivity contribution < 1.29 is 9.53 Å². The Labute approximate surface area is 130 Å². The summed E-state index contributed by atoms with van der Waals surface area (Å²) in [5.74, 6) is 0.669. The molecule has 1 aliphatic rings. The second-order valence-electron chi connectivity index (χ2n) is 7.66. The van der Waals surface area contributed by atoms with Crippen LogP contribution >= 0.6 is 0 Å². The molecule has 0 aliphatic carbocycles. The number of methoxy groups -OCH3 is 1. The maximum atomic E-state index is 11.8. The van der Waals surface area contributed by atoms with E-state index < -0.39 is 5.54 Å². The number of esters is 1. The van der Waals surface area contributed by atoms with Gasteiger partial charge in [0, 0.05) is 0 Å². The first-order chi connectivity index (χ1) is 9.73. The molecule has 0 radical (unpaired) electrons. The Morgan fingerprint density at radius 3 is 2.24 bits per heavy atom. The summed E-state index contributed by atoms with van der Waals surface area (Å²) in [6, 6.07) is 0. The molecule has 1 rings (SSSR count). The summed E-state index contributed by atoms with van der Waals surface area (Å²) in [5, 5.41) is 3.10. The maximum absolute atomic E-state index is 11.8. The standard InChI is InChI=1S/C17H34N2O2/c1-16(2,3)14-8-12-19(13-9-14)11-7-10-17(4,18-5)15(20)21-6/h14,18H,7-13H2,1-6H3. The van der Waals surface area contributed by atoms with Crippen molar-refractivity contribution in [3.8, 4) is 0 Å². The van der Waals surface area contributed by atoms with Crippen molar-refractivity contribution in [3.05, 3.63) is 0 Å². The largest absolute Gasteiger partial charge is 0.468 e. The van der Waals surface area contributed by atoms with Gasteiger partial charge in [-0.05, 0) is 70.6 Å². The molecule has 0 aromatic heterocycles. The zero-order valence-corrected chi connectivity index (χ0v) is 14.8. The number of carbonyl (C=O) groups is 1. The monoisotopic (exact) mass is 298 g/mol. The van der Waals surface area contributed by atoms with Crippen LogP contribution in [0, 0.1) is 11.3 Å². The Morgan fingerprint density at radius 2 is 1.81 bits per heavy atom. The van der Waals surface area contributed by atoms with Gasteiger partial charge in [0.15, 0.2) is 0 Å². The lowest BCUT2D eigenvalue weighted by atomic mass is 9.75. The molecule has 0 aromatic rings. The summed E-state index contributed by atoms with van der Waals surface area (Å²) in [6.07, 6.45) is 4.43. The number of nitrogens with one attached hydrogen (secondary N) is 1. The molecular formula is C17H34N2O2. The second kappa shape index (κ2) is 7.59. The summed E-state index contributed by atoms with van der Waals surface area (Å²) in [7, 11) is 3.28. The molecule has 124 valence electrons. The zero-order chi connectivity index (χ0) is 16.1. The van der Waals surface area contributed by atoms with Crippen molar-refractivity contribution in [2.45, 2.75) is 58.9 Å². The zero-order valence-electron chi connectivity index (χ0n) is 14.8. The van der Waals surface area contributed by atoms with E-state index in [1.54, 1.807) is 0 Å². The fraction of sp³-hybridized carbons (Fsp3) is 0.941. The van der Waals surface area contributed by atoms with Gasteiger partial charge in [-0.1, -0.05) is 20.8 Å². The molecule has 0 bridgehead atoms. The van der Waals surface area contributed by atoms with Gasteiger partial charge in [0.05, 0.1) is 7.11 Å². The molecule has 1 N–H and O–H groups in total. The van der Waals surface area contributed by atoms with Gasteiger partial charge in [-0.2, -0.15) is 0 Å². The third-order valence-electron chi connectivity index (χ3n) is 5.15. The third kappa shape index (κ3) is 5.26. The van der Waals surface area contributed by atoms with Crippen molar-refractivity contribution in [2.75, 3.05) is 33.8 Å². The number of rotatable bonds is 6. The maximum Gasteiger partial charge on any atom is 0.325 e. The molecule has 0 saturated carbocycles. The van der Waals surface area contributed by atoms with Crippen LogP contribution in [0.3, 0.4) is 0 Å². The Bertz CT molecular complexity index is 330. The van der Waals surface area contributed by atoms with E-state index >= 15 is 0 Å².